The standard InChI is InChI=1S/C46H84O10/c1-3-5-7-9-11-13-15-17-18-19-20-21-23-24-26-28-30-32-34-41(48)53-37-39(38-54-46-45(52)44(51)43(50)40(36-47)56-46)55-42(49)35-33-31-29-27-25-22-16-14-12-10-8-6-4-2/h22,25,29,31,39-40,43-47,50-52H,3-21,23-24,26-28,30,32-38H2,1-2H3/b25-22+,31-29+/t39?,40-,43+,44?,45?,46-/m0/s1. The molecule has 0 radical (unpaired) electrons. The van der Waals surface area contributed by atoms with Gasteiger partial charge < -0.3 is 39.4 Å². The van der Waals surface area contributed by atoms with Gasteiger partial charge in [-0.05, 0) is 32.1 Å². The molecule has 1 saturated heterocycles. The molecule has 0 saturated carbocycles. The zero-order valence-electron chi connectivity index (χ0n) is 35.6. The Bertz CT molecular complexity index is 970. The van der Waals surface area contributed by atoms with E-state index in [0.29, 0.717) is 6.42 Å². The highest BCUT2D eigenvalue weighted by atomic mass is 16.7. The van der Waals surface area contributed by atoms with Crippen LogP contribution in [0.3, 0.4) is 0 Å². The normalized spacial score (nSPS) is 20.6. The maximum Gasteiger partial charge on any atom is 0.306 e. The van der Waals surface area contributed by atoms with Gasteiger partial charge in [-0.25, -0.2) is 0 Å². The van der Waals surface area contributed by atoms with Crippen molar-refractivity contribution in [3.63, 3.8) is 0 Å². The van der Waals surface area contributed by atoms with Gasteiger partial charge in [0.05, 0.1) is 13.2 Å². The molecule has 10 nitrogen and oxygen atoms in total. The fourth-order valence-electron chi connectivity index (χ4n) is 6.95. The Morgan fingerprint density at radius 2 is 1.04 bits per heavy atom. The van der Waals surface area contributed by atoms with Gasteiger partial charge in [0.25, 0.3) is 0 Å². The van der Waals surface area contributed by atoms with E-state index in [4.69, 9.17) is 18.9 Å². The Kier molecular flexibility index (Phi) is 34.9. The summed E-state index contributed by atoms with van der Waals surface area (Å²) in [6.45, 7) is 3.37. The Balaban J connectivity index is 2.32. The first-order chi connectivity index (χ1) is 27.3. The molecule has 1 fully saturated rings. The predicted molar refractivity (Wildman–Crippen MR) is 224 cm³/mol. The lowest BCUT2D eigenvalue weighted by atomic mass is 9.99. The van der Waals surface area contributed by atoms with Gasteiger partial charge in [0.1, 0.15) is 31.0 Å². The predicted octanol–water partition coefficient (Wildman–Crippen LogP) is 9.72. The molecule has 1 aliphatic rings. The lowest BCUT2D eigenvalue weighted by Gasteiger charge is -2.39. The Morgan fingerprint density at radius 3 is 1.55 bits per heavy atom. The number of hydrogen-bond acceptors (Lipinski definition) is 10. The molecule has 56 heavy (non-hydrogen) atoms. The molecule has 1 heterocycles. The van der Waals surface area contributed by atoms with E-state index in [2.05, 4.69) is 26.0 Å². The van der Waals surface area contributed by atoms with Crippen LogP contribution in [-0.4, -0.2) is 89.0 Å². The molecule has 0 aromatic rings. The molecule has 0 amide bonds. The molecule has 4 N–H and O–H groups in total. The summed E-state index contributed by atoms with van der Waals surface area (Å²) in [5.41, 5.74) is 0. The van der Waals surface area contributed by atoms with Crippen molar-refractivity contribution in [3.8, 4) is 0 Å². The highest BCUT2D eigenvalue weighted by molar-refractivity contribution is 5.70. The van der Waals surface area contributed by atoms with Crippen LogP contribution < -0.4 is 0 Å². The number of allylic oxidation sites excluding steroid dienone is 4. The number of carbonyl (C=O) groups excluding carboxylic acids is 2. The van der Waals surface area contributed by atoms with E-state index in [9.17, 15) is 30.0 Å². The van der Waals surface area contributed by atoms with Gasteiger partial charge in [-0.3, -0.25) is 9.59 Å². The molecule has 0 aromatic heterocycles. The number of rotatable bonds is 38. The van der Waals surface area contributed by atoms with Crippen LogP contribution in [0, 0.1) is 0 Å². The second-order valence-electron chi connectivity index (χ2n) is 15.9. The molecule has 3 unspecified atom stereocenters. The molecule has 1 rings (SSSR count). The average molecular weight is 797 g/mol. The van der Waals surface area contributed by atoms with E-state index >= 15 is 0 Å². The minimum absolute atomic E-state index is 0.127. The van der Waals surface area contributed by atoms with E-state index in [1.165, 1.54) is 135 Å². The van der Waals surface area contributed by atoms with Crippen LogP contribution in [0.25, 0.3) is 0 Å². The summed E-state index contributed by atoms with van der Waals surface area (Å²) in [7, 11) is 0. The van der Waals surface area contributed by atoms with Gasteiger partial charge in [0.2, 0.25) is 0 Å². The summed E-state index contributed by atoms with van der Waals surface area (Å²) in [5, 5.41) is 40.0. The van der Waals surface area contributed by atoms with Gasteiger partial charge >= 0.3 is 11.9 Å². The molecule has 0 aromatic carbocycles. The Morgan fingerprint density at radius 1 is 0.554 bits per heavy atom. The number of aliphatic hydroxyl groups excluding tert-OH is 4. The largest absolute Gasteiger partial charge is 0.462 e. The lowest BCUT2D eigenvalue weighted by Crippen LogP contribution is -2.59. The summed E-state index contributed by atoms with van der Waals surface area (Å²) in [6.07, 6.45) is 33.5. The van der Waals surface area contributed by atoms with Crippen molar-refractivity contribution in [2.45, 2.75) is 237 Å². The number of esters is 2. The molecule has 328 valence electrons. The third kappa shape index (κ3) is 28.6. The lowest BCUT2D eigenvalue weighted by molar-refractivity contribution is -0.305. The van der Waals surface area contributed by atoms with Crippen molar-refractivity contribution >= 4 is 11.9 Å². The minimum Gasteiger partial charge on any atom is -0.462 e. The van der Waals surface area contributed by atoms with Crippen molar-refractivity contribution in [3.05, 3.63) is 24.3 Å². The summed E-state index contributed by atoms with van der Waals surface area (Å²) in [6, 6.07) is 0. The van der Waals surface area contributed by atoms with Crippen LogP contribution in [0.2, 0.25) is 0 Å². The quantitative estimate of drug-likeness (QED) is 0.0270. The molecule has 0 bridgehead atoms. The molecule has 0 aliphatic carbocycles. The van der Waals surface area contributed by atoms with Crippen LogP contribution in [-0.2, 0) is 28.5 Å². The average Bonchev–Trinajstić information content (AvgIpc) is 3.19. The van der Waals surface area contributed by atoms with Crippen LogP contribution in [0.15, 0.2) is 24.3 Å². The van der Waals surface area contributed by atoms with E-state index < -0.39 is 49.4 Å². The number of unbranched alkanes of at least 4 members (excludes halogenated alkanes) is 23. The van der Waals surface area contributed by atoms with E-state index in [0.717, 1.165) is 32.1 Å². The maximum absolute atomic E-state index is 12.7. The molecule has 0 spiro atoms. The van der Waals surface area contributed by atoms with Crippen molar-refractivity contribution in [1.29, 1.82) is 0 Å². The third-order valence-electron chi connectivity index (χ3n) is 10.6. The van der Waals surface area contributed by atoms with Crippen LogP contribution in [0.5, 0.6) is 0 Å². The molecular weight excluding hydrogens is 712 g/mol. The Labute approximate surface area is 341 Å². The summed E-state index contributed by atoms with van der Waals surface area (Å²) in [5.74, 6) is -0.877. The smallest absolute Gasteiger partial charge is 0.306 e. The van der Waals surface area contributed by atoms with E-state index in [1.54, 1.807) is 0 Å². The number of aliphatic hydroxyl groups is 4. The first-order valence-corrected chi connectivity index (χ1v) is 22.9. The Hall–Kier alpha value is -1.82. The van der Waals surface area contributed by atoms with Crippen LogP contribution >= 0.6 is 0 Å². The zero-order chi connectivity index (χ0) is 40.9. The number of carbonyl (C=O) groups is 2. The molecule has 1 aliphatic heterocycles. The second-order valence-corrected chi connectivity index (χ2v) is 15.9. The summed E-state index contributed by atoms with van der Waals surface area (Å²) < 4.78 is 22.1. The first-order valence-electron chi connectivity index (χ1n) is 22.9. The summed E-state index contributed by atoms with van der Waals surface area (Å²) in [4.78, 5) is 25.3. The molecular formula is C46H84O10. The highest BCUT2D eigenvalue weighted by Gasteiger charge is 2.44. The summed E-state index contributed by atoms with van der Waals surface area (Å²) >= 11 is 0. The second kappa shape index (κ2) is 37.5. The maximum atomic E-state index is 12.7. The van der Waals surface area contributed by atoms with Gasteiger partial charge in [-0.1, -0.05) is 179 Å². The highest BCUT2D eigenvalue weighted by Crippen LogP contribution is 2.23. The van der Waals surface area contributed by atoms with E-state index in [-0.39, 0.29) is 32.0 Å². The van der Waals surface area contributed by atoms with Gasteiger partial charge in [0.15, 0.2) is 12.4 Å². The van der Waals surface area contributed by atoms with Crippen LogP contribution in [0.4, 0.5) is 0 Å². The number of ether oxygens (including phenoxy) is 4. The fraction of sp³-hybridized carbons (Fsp3) is 0.870. The van der Waals surface area contributed by atoms with Crippen molar-refractivity contribution < 1.29 is 49.0 Å². The monoisotopic (exact) mass is 797 g/mol. The van der Waals surface area contributed by atoms with E-state index in [1.807, 2.05) is 12.2 Å². The van der Waals surface area contributed by atoms with Gasteiger partial charge in [-0.15, -0.1) is 0 Å². The van der Waals surface area contributed by atoms with Crippen molar-refractivity contribution in [1.82, 2.24) is 0 Å². The zero-order valence-corrected chi connectivity index (χ0v) is 35.6. The third-order valence-corrected chi connectivity index (χ3v) is 10.6. The van der Waals surface area contributed by atoms with Gasteiger partial charge in [0, 0.05) is 12.8 Å². The number of hydrogen-bond donors (Lipinski definition) is 4. The van der Waals surface area contributed by atoms with Crippen molar-refractivity contribution in [2.75, 3.05) is 19.8 Å². The first kappa shape index (κ1) is 52.2. The SMILES string of the molecule is CCCCCCCC/C=C/C/C=C/CCC(=O)OC(COC(=O)CCCCCCCCCCCCCCCCCCCC)CO[C@H]1O[C@@H](CO)[C@@H](O)C(O)C1O. The topological polar surface area (TPSA) is 152 Å². The van der Waals surface area contributed by atoms with Crippen LogP contribution in [0.1, 0.15) is 200 Å². The molecule has 10 heteroatoms. The van der Waals surface area contributed by atoms with Gasteiger partial charge in [-0.2, -0.15) is 0 Å². The molecule has 6 atom stereocenters. The fourth-order valence-corrected chi connectivity index (χ4v) is 6.95. The van der Waals surface area contributed by atoms with Crippen molar-refractivity contribution in [2.24, 2.45) is 0 Å². The minimum atomic E-state index is -1.60.